The Morgan fingerprint density at radius 3 is 2.83 bits per heavy atom. The monoisotopic (exact) mass is 532 g/mol. The summed E-state index contributed by atoms with van der Waals surface area (Å²) in [4.78, 5) is 34.6. The summed E-state index contributed by atoms with van der Waals surface area (Å²) in [5, 5.41) is 14.0. The van der Waals surface area contributed by atoms with Crippen LogP contribution in [0.25, 0.3) is 50.5 Å². The van der Waals surface area contributed by atoms with E-state index in [9.17, 15) is 4.79 Å². The molecular weight excluding hydrogens is 504 g/mol. The number of nitrogens with zero attached hydrogens (tertiary/aromatic N) is 6. The van der Waals surface area contributed by atoms with Gasteiger partial charge in [0, 0.05) is 24.4 Å². The number of carbonyl (C=O) groups excluding carboxylic acids is 1. The van der Waals surface area contributed by atoms with Crippen molar-refractivity contribution in [1.29, 1.82) is 0 Å². The fourth-order valence-corrected chi connectivity index (χ4v) is 5.32. The summed E-state index contributed by atoms with van der Waals surface area (Å²) in [6.45, 7) is 3.90. The third-order valence-corrected chi connectivity index (χ3v) is 7.36. The van der Waals surface area contributed by atoms with Crippen molar-refractivity contribution in [3.05, 3.63) is 67.0 Å². The first-order valence-corrected chi connectivity index (χ1v) is 13.4. The van der Waals surface area contributed by atoms with Crippen molar-refractivity contribution in [2.45, 2.75) is 26.2 Å². The van der Waals surface area contributed by atoms with Crippen LogP contribution < -0.4 is 10.6 Å². The van der Waals surface area contributed by atoms with E-state index in [1.807, 2.05) is 54.1 Å². The maximum atomic E-state index is 12.7. The van der Waals surface area contributed by atoms with E-state index in [2.05, 4.69) is 35.8 Å². The number of rotatable bonds is 6. The molecule has 6 heterocycles. The number of aryl methyl sites for hydroxylation is 1. The molecule has 0 radical (unpaired) electrons. The number of fused-ring (bicyclic) bond motifs is 2. The summed E-state index contributed by atoms with van der Waals surface area (Å²) >= 11 is 0. The highest BCUT2D eigenvalue weighted by Gasteiger charge is 2.19. The normalized spacial score (nSPS) is 14.2. The predicted molar refractivity (Wildman–Crippen MR) is 153 cm³/mol. The van der Waals surface area contributed by atoms with Gasteiger partial charge in [-0.05, 0) is 69.1 Å². The Kier molecular flexibility index (Phi) is 6.05. The average molecular weight is 533 g/mol. The first-order chi connectivity index (χ1) is 19.6. The number of hydrogen-bond donors (Lipinski definition) is 4. The van der Waals surface area contributed by atoms with E-state index in [-0.39, 0.29) is 5.91 Å². The summed E-state index contributed by atoms with van der Waals surface area (Å²) in [7, 11) is 0. The summed E-state index contributed by atoms with van der Waals surface area (Å²) in [6, 6.07) is 11.8. The Hall–Kier alpha value is -4.90. The zero-order valence-electron chi connectivity index (χ0n) is 22.0. The number of para-hydroxylation sites is 1. The number of aromatic amines is 2. The summed E-state index contributed by atoms with van der Waals surface area (Å²) in [5.41, 5.74) is 7.87. The Balaban J connectivity index is 1.19. The van der Waals surface area contributed by atoms with E-state index in [1.54, 1.807) is 18.7 Å². The van der Waals surface area contributed by atoms with Crippen LogP contribution in [0.15, 0.2) is 61.3 Å². The van der Waals surface area contributed by atoms with Crippen molar-refractivity contribution in [2.24, 2.45) is 5.92 Å². The molecule has 1 fully saturated rings. The maximum Gasteiger partial charge on any atom is 0.224 e. The van der Waals surface area contributed by atoms with Crippen LogP contribution in [0.5, 0.6) is 0 Å². The van der Waals surface area contributed by atoms with E-state index >= 15 is 0 Å². The lowest BCUT2D eigenvalue weighted by Gasteiger charge is -2.21. The van der Waals surface area contributed by atoms with Gasteiger partial charge in [-0.2, -0.15) is 5.10 Å². The minimum Gasteiger partial charge on any atom is -0.336 e. The van der Waals surface area contributed by atoms with Gasteiger partial charge in [-0.25, -0.2) is 15.0 Å². The number of pyridine rings is 2. The minimum absolute atomic E-state index is 0.0153. The first-order valence-electron chi connectivity index (χ1n) is 13.4. The summed E-state index contributed by atoms with van der Waals surface area (Å²) in [6.07, 6.45) is 9.74. The molecule has 11 nitrogen and oxygen atoms in total. The second-order valence-corrected chi connectivity index (χ2v) is 10.3. The first kappa shape index (κ1) is 24.2. The molecule has 0 aliphatic carbocycles. The number of nitrogens with one attached hydrogen (secondary N) is 4. The molecule has 0 atom stereocenters. The van der Waals surface area contributed by atoms with Gasteiger partial charge in [0.2, 0.25) is 5.91 Å². The molecule has 40 heavy (non-hydrogen) atoms. The molecule has 6 aromatic rings. The number of aromatic nitrogens is 8. The minimum atomic E-state index is 0.0153. The molecule has 1 aliphatic rings. The van der Waals surface area contributed by atoms with Crippen LogP contribution in [0.2, 0.25) is 0 Å². The van der Waals surface area contributed by atoms with Crippen molar-refractivity contribution in [3.63, 3.8) is 0 Å². The number of piperidine rings is 1. The second kappa shape index (κ2) is 10.0. The Bertz CT molecular complexity index is 1840. The lowest BCUT2D eigenvalue weighted by atomic mass is 9.94. The van der Waals surface area contributed by atoms with Crippen LogP contribution in [-0.4, -0.2) is 58.7 Å². The molecule has 0 saturated carbocycles. The fraction of sp³-hybridized carbons (Fsp3) is 0.241. The number of amides is 1. The Morgan fingerprint density at radius 1 is 1.07 bits per heavy atom. The van der Waals surface area contributed by atoms with E-state index < -0.39 is 0 Å². The number of anilines is 1. The smallest absolute Gasteiger partial charge is 0.224 e. The largest absolute Gasteiger partial charge is 0.336 e. The van der Waals surface area contributed by atoms with Gasteiger partial charge in [0.05, 0.1) is 46.3 Å². The summed E-state index contributed by atoms with van der Waals surface area (Å²) < 4.78 is 1.96. The van der Waals surface area contributed by atoms with Crippen molar-refractivity contribution < 1.29 is 4.79 Å². The number of H-pyrrole nitrogens is 2. The van der Waals surface area contributed by atoms with Gasteiger partial charge in [-0.15, -0.1) is 0 Å². The fourth-order valence-electron chi connectivity index (χ4n) is 5.32. The molecule has 0 spiro atoms. The Labute approximate surface area is 229 Å². The third kappa shape index (κ3) is 4.60. The molecule has 5 aromatic heterocycles. The van der Waals surface area contributed by atoms with Crippen LogP contribution in [0.4, 0.5) is 5.69 Å². The SMILES string of the molecule is Cc1cn(-c2cccc3[nH]c(-c4n[nH]c5ccc(-c6cncc(NC(=O)CC7CCNCC7)c6)nc45)nc23)cn1. The topological polar surface area (TPSA) is 142 Å². The number of benzene rings is 1. The third-order valence-electron chi connectivity index (χ3n) is 7.36. The van der Waals surface area contributed by atoms with Gasteiger partial charge in [0.25, 0.3) is 0 Å². The maximum absolute atomic E-state index is 12.7. The van der Waals surface area contributed by atoms with E-state index in [1.165, 1.54) is 0 Å². The predicted octanol–water partition coefficient (Wildman–Crippen LogP) is 4.39. The summed E-state index contributed by atoms with van der Waals surface area (Å²) in [5.74, 6) is 1.05. The number of carbonyl (C=O) groups is 1. The standard InChI is InChI=1S/C29H28N10O/c1-17-15-39(16-32-17)24-4-2-3-22-26(24)36-29(35-22)28-27-23(37-38-28)6-5-21(34-27)19-12-20(14-31-13-19)33-25(40)11-18-7-9-30-10-8-18/h2-6,12-16,18,30H,7-11H2,1H3,(H,33,40)(H,35,36)(H,37,38). The van der Waals surface area contributed by atoms with Gasteiger partial charge in [-0.1, -0.05) is 6.07 Å². The van der Waals surface area contributed by atoms with E-state index in [0.717, 1.165) is 65.1 Å². The van der Waals surface area contributed by atoms with Crippen LogP contribution in [0, 0.1) is 12.8 Å². The molecule has 0 unspecified atom stereocenters. The molecular formula is C29H28N10O. The molecule has 1 aliphatic heterocycles. The van der Waals surface area contributed by atoms with Crippen LogP contribution in [0.3, 0.4) is 0 Å². The molecule has 1 amide bonds. The zero-order chi connectivity index (χ0) is 27.1. The quantitative estimate of drug-likeness (QED) is 0.249. The molecule has 7 rings (SSSR count). The highest BCUT2D eigenvalue weighted by Crippen LogP contribution is 2.30. The zero-order valence-corrected chi connectivity index (χ0v) is 22.0. The highest BCUT2D eigenvalue weighted by molar-refractivity contribution is 5.94. The number of imidazole rings is 2. The molecule has 200 valence electrons. The van der Waals surface area contributed by atoms with Gasteiger partial charge in [0.15, 0.2) is 11.5 Å². The lowest BCUT2D eigenvalue weighted by molar-refractivity contribution is -0.117. The number of hydrogen-bond acceptors (Lipinski definition) is 7. The van der Waals surface area contributed by atoms with Crippen LogP contribution in [0.1, 0.15) is 25.0 Å². The van der Waals surface area contributed by atoms with Crippen LogP contribution in [-0.2, 0) is 4.79 Å². The van der Waals surface area contributed by atoms with E-state index in [0.29, 0.717) is 35.1 Å². The molecule has 1 aromatic carbocycles. The average Bonchev–Trinajstić information content (AvgIpc) is 3.71. The molecule has 1 saturated heterocycles. The van der Waals surface area contributed by atoms with Crippen molar-refractivity contribution >= 4 is 33.7 Å². The molecule has 0 bridgehead atoms. The van der Waals surface area contributed by atoms with E-state index in [4.69, 9.17) is 9.97 Å². The van der Waals surface area contributed by atoms with Gasteiger partial charge in [-0.3, -0.25) is 14.9 Å². The van der Waals surface area contributed by atoms with Gasteiger partial charge in [0.1, 0.15) is 11.0 Å². The molecule has 11 heteroatoms. The van der Waals surface area contributed by atoms with Crippen molar-refractivity contribution in [2.75, 3.05) is 18.4 Å². The lowest BCUT2D eigenvalue weighted by Crippen LogP contribution is -2.30. The van der Waals surface area contributed by atoms with Gasteiger partial charge < -0.3 is 20.2 Å². The highest BCUT2D eigenvalue weighted by atomic mass is 16.1. The van der Waals surface area contributed by atoms with Crippen molar-refractivity contribution in [1.82, 2.24) is 45.0 Å². The second-order valence-electron chi connectivity index (χ2n) is 10.3. The van der Waals surface area contributed by atoms with Gasteiger partial charge >= 0.3 is 0 Å². The Morgan fingerprint density at radius 2 is 1.98 bits per heavy atom. The van der Waals surface area contributed by atoms with Crippen molar-refractivity contribution in [3.8, 4) is 28.5 Å². The molecule has 4 N–H and O–H groups in total. The van der Waals surface area contributed by atoms with Crippen LogP contribution >= 0.6 is 0 Å².